The highest BCUT2D eigenvalue weighted by atomic mass is 16.5. The number of methoxy groups -OCH3 is 4. The van der Waals surface area contributed by atoms with Gasteiger partial charge in [0.2, 0.25) is 0 Å². The van der Waals surface area contributed by atoms with Crippen molar-refractivity contribution < 1.29 is 38.1 Å². The number of rotatable bonds is 4. The number of carbonyl (C=O) groups excluding carboxylic acids is 4. The van der Waals surface area contributed by atoms with Crippen LogP contribution in [-0.2, 0) is 38.1 Å². The largest absolute Gasteiger partial charge is 0.466 e. The van der Waals surface area contributed by atoms with E-state index in [0.717, 1.165) is 45.1 Å². The minimum Gasteiger partial charge on any atom is -0.466 e. The minimum absolute atomic E-state index is 0.171. The zero-order valence-electron chi connectivity index (χ0n) is 19.5. The topological polar surface area (TPSA) is 108 Å². The predicted octanol–water partition coefficient (Wildman–Crippen LogP) is 2.23. The fourth-order valence-corrected chi connectivity index (χ4v) is 4.43. The Kier molecular flexibility index (Phi) is 6.18. The summed E-state index contributed by atoms with van der Waals surface area (Å²) >= 11 is 0. The van der Waals surface area contributed by atoms with E-state index >= 15 is 0 Å². The lowest BCUT2D eigenvalue weighted by molar-refractivity contribution is -0.142. The van der Waals surface area contributed by atoms with Crippen LogP contribution >= 0.6 is 0 Å². The van der Waals surface area contributed by atoms with Crippen molar-refractivity contribution in [2.75, 3.05) is 33.3 Å². The van der Waals surface area contributed by atoms with Crippen molar-refractivity contribution in [3.8, 4) is 0 Å². The number of hydrogen-bond acceptors (Lipinski definition) is 9. The molecule has 0 amide bonds. The molecule has 0 unspecified atom stereocenters. The average molecular weight is 455 g/mol. The third-order valence-electron chi connectivity index (χ3n) is 5.79. The summed E-state index contributed by atoms with van der Waals surface area (Å²) in [6.45, 7) is 5.42. The van der Waals surface area contributed by atoms with E-state index < -0.39 is 40.6 Å². The van der Waals surface area contributed by atoms with Crippen molar-refractivity contribution >= 4 is 35.1 Å². The summed E-state index contributed by atoms with van der Waals surface area (Å²) in [4.78, 5) is 53.6. The summed E-state index contributed by atoms with van der Waals surface area (Å²) in [5.41, 5.74) is 0.387. The molecule has 0 saturated heterocycles. The van der Waals surface area contributed by atoms with E-state index in [1.807, 2.05) is 26.0 Å². The summed E-state index contributed by atoms with van der Waals surface area (Å²) in [7, 11) is 4.51. The lowest BCUT2D eigenvalue weighted by Gasteiger charge is -2.49. The number of anilines is 1. The number of aryl methyl sites for hydroxylation is 1. The van der Waals surface area contributed by atoms with Gasteiger partial charge in [-0.3, -0.25) is 0 Å². The molecule has 0 aromatic heterocycles. The Balaban J connectivity index is 2.61. The molecule has 1 aromatic carbocycles. The third kappa shape index (κ3) is 3.49. The van der Waals surface area contributed by atoms with E-state index in [-0.39, 0.29) is 11.3 Å². The van der Waals surface area contributed by atoms with Crippen LogP contribution < -0.4 is 4.90 Å². The van der Waals surface area contributed by atoms with E-state index in [4.69, 9.17) is 18.9 Å². The maximum atomic E-state index is 13.1. The van der Waals surface area contributed by atoms with Gasteiger partial charge in [-0.25, -0.2) is 19.2 Å². The van der Waals surface area contributed by atoms with Crippen LogP contribution in [0.4, 0.5) is 5.69 Å². The van der Waals surface area contributed by atoms with Gasteiger partial charge in [0, 0.05) is 5.56 Å². The van der Waals surface area contributed by atoms with Crippen molar-refractivity contribution in [3.05, 3.63) is 57.8 Å². The highest BCUT2D eigenvalue weighted by molar-refractivity contribution is 6.19. The van der Waals surface area contributed by atoms with Gasteiger partial charge in [0.25, 0.3) is 0 Å². The fraction of sp³-hybridized carbons (Fsp3) is 0.333. The molecule has 0 aliphatic carbocycles. The summed E-state index contributed by atoms with van der Waals surface area (Å²) in [6.07, 6.45) is 1.74. The minimum atomic E-state index is -1.40. The van der Waals surface area contributed by atoms with Crippen LogP contribution in [0.15, 0.2) is 46.7 Å². The number of benzene rings is 1. The molecule has 0 saturated carbocycles. The molecule has 0 spiro atoms. The smallest absolute Gasteiger partial charge is 0.355 e. The standard InChI is InChI=1S/C24H25NO8/c1-12-8-9-15-14(10-12)13(2)11-24(3)18(22(28)32-6)16(20(26)30-4)17(21(27)31-5)19(25(15)24)23(29)33-7/h8-11H,1-7H3/t24-/m1/s1. The van der Waals surface area contributed by atoms with E-state index in [1.54, 1.807) is 19.1 Å². The summed E-state index contributed by atoms with van der Waals surface area (Å²) in [5.74, 6) is -3.78. The van der Waals surface area contributed by atoms with Crippen molar-refractivity contribution in [3.63, 3.8) is 0 Å². The molecule has 2 heterocycles. The number of hydrogen-bond donors (Lipinski definition) is 0. The Morgan fingerprint density at radius 1 is 0.788 bits per heavy atom. The molecule has 3 rings (SSSR count). The molecule has 0 fully saturated rings. The number of allylic oxidation sites excluding steroid dienone is 1. The molecule has 0 bridgehead atoms. The maximum absolute atomic E-state index is 13.1. The molecule has 1 aromatic rings. The zero-order valence-corrected chi connectivity index (χ0v) is 19.5. The van der Waals surface area contributed by atoms with Gasteiger partial charge >= 0.3 is 23.9 Å². The van der Waals surface area contributed by atoms with Crippen LogP contribution in [0.2, 0.25) is 0 Å². The average Bonchev–Trinajstić information content (AvgIpc) is 2.80. The van der Waals surface area contributed by atoms with E-state index in [9.17, 15) is 19.2 Å². The molecular formula is C24H25NO8. The van der Waals surface area contributed by atoms with Gasteiger partial charge in [-0.15, -0.1) is 0 Å². The van der Waals surface area contributed by atoms with Crippen LogP contribution in [0.1, 0.15) is 25.0 Å². The second kappa shape index (κ2) is 8.57. The monoisotopic (exact) mass is 455 g/mol. The molecule has 2 aliphatic heterocycles. The molecule has 9 heteroatoms. The van der Waals surface area contributed by atoms with Gasteiger partial charge < -0.3 is 23.8 Å². The first kappa shape index (κ1) is 23.8. The van der Waals surface area contributed by atoms with Crippen LogP contribution in [0.3, 0.4) is 0 Å². The Labute approximate surface area is 191 Å². The highest BCUT2D eigenvalue weighted by Gasteiger charge is 2.54. The van der Waals surface area contributed by atoms with Gasteiger partial charge in [0.05, 0.1) is 50.8 Å². The van der Waals surface area contributed by atoms with Crippen molar-refractivity contribution in [2.24, 2.45) is 0 Å². The van der Waals surface area contributed by atoms with Crippen LogP contribution in [0, 0.1) is 6.92 Å². The Morgan fingerprint density at radius 3 is 1.88 bits per heavy atom. The van der Waals surface area contributed by atoms with Crippen LogP contribution in [0.25, 0.3) is 5.57 Å². The molecule has 174 valence electrons. The highest BCUT2D eigenvalue weighted by Crippen LogP contribution is 2.50. The van der Waals surface area contributed by atoms with E-state index in [0.29, 0.717) is 5.69 Å². The first-order valence-corrected chi connectivity index (χ1v) is 10.0. The molecule has 0 radical (unpaired) electrons. The lowest BCUT2D eigenvalue weighted by atomic mass is 9.74. The van der Waals surface area contributed by atoms with Crippen molar-refractivity contribution in [2.45, 2.75) is 26.3 Å². The maximum Gasteiger partial charge on any atom is 0.355 e. The van der Waals surface area contributed by atoms with Gasteiger partial charge in [0.15, 0.2) is 0 Å². The number of fused-ring (bicyclic) bond motifs is 3. The summed E-state index contributed by atoms with van der Waals surface area (Å²) in [6, 6.07) is 5.53. The number of esters is 4. The van der Waals surface area contributed by atoms with Gasteiger partial charge in [-0.2, -0.15) is 0 Å². The molecule has 9 nitrogen and oxygen atoms in total. The van der Waals surface area contributed by atoms with E-state index in [1.165, 1.54) is 4.90 Å². The Morgan fingerprint density at radius 2 is 1.33 bits per heavy atom. The number of nitrogens with zero attached hydrogens (tertiary/aromatic N) is 1. The van der Waals surface area contributed by atoms with Crippen molar-refractivity contribution in [1.82, 2.24) is 0 Å². The Bertz CT molecular complexity index is 1170. The van der Waals surface area contributed by atoms with E-state index in [2.05, 4.69) is 0 Å². The summed E-state index contributed by atoms with van der Waals surface area (Å²) in [5, 5.41) is 0. The summed E-state index contributed by atoms with van der Waals surface area (Å²) < 4.78 is 19.8. The van der Waals surface area contributed by atoms with Crippen molar-refractivity contribution in [1.29, 1.82) is 0 Å². The predicted molar refractivity (Wildman–Crippen MR) is 118 cm³/mol. The molecule has 2 aliphatic rings. The lowest BCUT2D eigenvalue weighted by Crippen LogP contribution is -2.56. The van der Waals surface area contributed by atoms with Gasteiger partial charge in [0.1, 0.15) is 11.3 Å². The number of ether oxygens (including phenoxy) is 4. The number of carbonyl (C=O) groups is 4. The molecule has 33 heavy (non-hydrogen) atoms. The first-order valence-electron chi connectivity index (χ1n) is 10.0. The molecule has 1 atom stereocenters. The SMILES string of the molecule is COC(=O)C1=C(C(=O)OC)N2c3ccc(C)cc3C(C)=C[C@]2(C)C(C(=O)OC)=C1C(=O)OC. The molecule has 0 N–H and O–H groups in total. The quantitative estimate of drug-likeness (QED) is 0.499. The Hall–Kier alpha value is -3.88. The normalized spacial score (nSPS) is 19.2. The van der Waals surface area contributed by atoms with Crippen LogP contribution in [0.5, 0.6) is 0 Å². The van der Waals surface area contributed by atoms with Gasteiger partial charge in [-0.05, 0) is 38.5 Å². The molecular weight excluding hydrogens is 430 g/mol. The van der Waals surface area contributed by atoms with Gasteiger partial charge in [-0.1, -0.05) is 17.7 Å². The third-order valence-corrected chi connectivity index (χ3v) is 5.79. The zero-order chi connectivity index (χ0) is 24.7. The second-order valence-electron chi connectivity index (χ2n) is 7.77. The fourth-order valence-electron chi connectivity index (χ4n) is 4.43. The van der Waals surface area contributed by atoms with Crippen LogP contribution in [-0.4, -0.2) is 57.9 Å². The first-order chi connectivity index (χ1) is 15.6. The second-order valence-corrected chi connectivity index (χ2v) is 7.77.